The topological polar surface area (TPSA) is 76.7 Å². The summed E-state index contributed by atoms with van der Waals surface area (Å²) >= 11 is 0. The Hall–Kier alpha value is -1.88. The van der Waals surface area contributed by atoms with Gasteiger partial charge >= 0.3 is 6.03 Å². The Balaban J connectivity index is 2.37. The van der Waals surface area contributed by atoms with Crippen LogP contribution in [0.2, 0.25) is 0 Å². The van der Waals surface area contributed by atoms with Crippen molar-refractivity contribution in [3.63, 3.8) is 0 Å². The van der Waals surface area contributed by atoms with Crippen molar-refractivity contribution in [2.45, 2.75) is 26.4 Å². The fourth-order valence-corrected chi connectivity index (χ4v) is 1.31. The molecular weight excluding hydrogens is 230 g/mol. The van der Waals surface area contributed by atoms with Crippen LogP contribution in [0.15, 0.2) is 29.4 Å². The zero-order valence-corrected chi connectivity index (χ0v) is 10.6. The molecule has 1 aromatic carbocycles. The molecule has 0 aliphatic rings. The lowest BCUT2D eigenvalue weighted by Gasteiger charge is -2.03. The third-order valence-electron chi connectivity index (χ3n) is 2.28. The van der Waals surface area contributed by atoms with E-state index in [1.165, 1.54) is 6.21 Å². The average Bonchev–Trinajstić information content (AvgIpc) is 2.36. The maximum absolute atomic E-state index is 10.4. The molecule has 18 heavy (non-hydrogen) atoms. The number of hydrogen-bond acceptors (Lipinski definition) is 3. The molecule has 1 aromatic rings. The van der Waals surface area contributed by atoms with Crippen LogP contribution in [0, 0.1) is 0 Å². The minimum Gasteiger partial charge on any atom is -0.377 e. The molecule has 0 bridgehead atoms. The zero-order valence-electron chi connectivity index (χ0n) is 10.6. The summed E-state index contributed by atoms with van der Waals surface area (Å²) in [7, 11) is 0. The zero-order chi connectivity index (χ0) is 13.2. The second-order valence-electron chi connectivity index (χ2n) is 3.88. The highest BCUT2D eigenvalue weighted by Gasteiger charge is 1.94. The van der Waals surface area contributed by atoms with E-state index < -0.39 is 6.03 Å². The van der Waals surface area contributed by atoms with E-state index in [1.54, 1.807) is 0 Å². The van der Waals surface area contributed by atoms with Crippen LogP contribution in [0.3, 0.4) is 0 Å². The summed E-state index contributed by atoms with van der Waals surface area (Å²) in [5.41, 5.74) is 9.03. The van der Waals surface area contributed by atoms with Gasteiger partial charge in [0.1, 0.15) is 0 Å². The Kier molecular flexibility index (Phi) is 6.50. The molecule has 0 saturated carbocycles. The van der Waals surface area contributed by atoms with E-state index in [0.29, 0.717) is 6.61 Å². The van der Waals surface area contributed by atoms with Gasteiger partial charge in [-0.15, -0.1) is 0 Å². The number of primary amides is 1. The molecule has 98 valence electrons. The number of hydrazone groups is 1. The van der Waals surface area contributed by atoms with Gasteiger partial charge in [-0.2, -0.15) is 5.10 Å². The van der Waals surface area contributed by atoms with Crippen molar-refractivity contribution >= 4 is 12.2 Å². The van der Waals surface area contributed by atoms with E-state index in [9.17, 15) is 4.79 Å². The summed E-state index contributed by atoms with van der Waals surface area (Å²) in [6, 6.07) is 7.08. The lowest BCUT2D eigenvalue weighted by Crippen LogP contribution is -2.24. The van der Waals surface area contributed by atoms with Crippen molar-refractivity contribution in [1.29, 1.82) is 0 Å². The summed E-state index contributed by atoms with van der Waals surface area (Å²) in [5.74, 6) is 0. The molecule has 1 rings (SSSR count). The number of nitrogens with two attached hydrogens (primary N) is 1. The van der Waals surface area contributed by atoms with Gasteiger partial charge in [0.15, 0.2) is 0 Å². The second kappa shape index (κ2) is 8.25. The fraction of sp³-hybridized carbons (Fsp3) is 0.385. The van der Waals surface area contributed by atoms with Crippen molar-refractivity contribution in [3.8, 4) is 0 Å². The number of unbranched alkanes of at least 4 members (excludes halogenated alkanes) is 1. The summed E-state index contributed by atoms with van der Waals surface area (Å²) in [6.07, 6.45) is 3.76. The van der Waals surface area contributed by atoms with Gasteiger partial charge in [-0.3, -0.25) is 0 Å². The largest absolute Gasteiger partial charge is 0.377 e. The van der Waals surface area contributed by atoms with Crippen LogP contribution in [0.5, 0.6) is 0 Å². The van der Waals surface area contributed by atoms with Crippen LogP contribution in [-0.2, 0) is 11.3 Å². The molecule has 0 radical (unpaired) electrons. The summed E-state index contributed by atoms with van der Waals surface area (Å²) in [4.78, 5) is 10.4. The maximum atomic E-state index is 10.4. The van der Waals surface area contributed by atoms with Gasteiger partial charge in [-0.25, -0.2) is 10.2 Å². The van der Waals surface area contributed by atoms with Crippen molar-refractivity contribution in [2.75, 3.05) is 6.61 Å². The number of hydrogen-bond donors (Lipinski definition) is 2. The molecular formula is C13H19N3O2. The van der Waals surface area contributed by atoms with Crippen molar-refractivity contribution < 1.29 is 9.53 Å². The standard InChI is InChI=1S/C13H19N3O2/c1-2-3-8-18-10-12-6-4-11(5-7-12)9-15-16-13(14)17/h4-7,9H,2-3,8,10H2,1H3,(H3,14,16,17). The fourth-order valence-electron chi connectivity index (χ4n) is 1.31. The van der Waals surface area contributed by atoms with Crippen LogP contribution in [-0.4, -0.2) is 18.9 Å². The SMILES string of the molecule is CCCCOCc1ccc(C=NNC(N)=O)cc1. The Morgan fingerprint density at radius 2 is 2.17 bits per heavy atom. The molecule has 0 heterocycles. The number of benzene rings is 1. The highest BCUT2D eigenvalue weighted by atomic mass is 16.5. The van der Waals surface area contributed by atoms with Crippen LogP contribution in [0.25, 0.3) is 0 Å². The minimum absolute atomic E-state index is 0.622. The molecule has 0 fully saturated rings. The smallest absolute Gasteiger partial charge is 0.332 e. The third-order valence-corrected chi connectivity index (χ3v) is 2.28. The molecule has 0 unspecified atom stereocenters. The van der Waals surface area contributed by atoms with Gasteiger partial charge in [0, 0.05) is 6.61 Å². The van der Waals surface area contributed by atoms with Gasteiger partial charge in [0.2, 0.25) is 0 Å². The first kappa shape index (κ1) is 14.2. The van der Waals surface area contributed by atoms with Crippen molar-refractivity contribution in [1.82, 2.24) is 5.43 Å². The van der Waals surface area contributed by atoms with E-state index in [4.69, 9.17) is 10.5 Å². The number of nitrogens with one attached hydrogen (secondary N) is 1. The average molecular weight is 249 g/mol. The predicted octanol–water partition coefficient (Wildman–Crippen LogP) is 2.01. The molecule has 5 nitrogen and oxygen atoms in total. The Morgan fingerprint density at radius 3 is 2.78 bits per heavy atom. The van der Waals surface area contributed by atoms with E-state index in [1.807, 2.05) is 24.3 Å². The van der Waals surface area contributed by atoms with E-state index >= 15 is 0 Å². The van der Waals surface area contributed by atoms with Gasteiger partial charge in [0.05, 0.1) is 12.8 Å². The van der Waals surface area contributed by atoms with E-state index in [2.05, 4.69) is 17.5 Å². The molecule has 0 atom stereocenters. The van der Waals surface area contributed by atoms with Crippen LogP contribution >= 0.6 is 0 Å². The molecule has 0 saturated heterocycles. The number of rotatable bonds is 7. The third kappa shape index (κ3) is 6.00. The Bertz CT molecular complexity index is 388. The van der Waals surface area contributed by atoms with E-state index in [0.717, 1.165) is 30.6 Å². The highest BCUT2D eigenvalue weighted by molar-refractivity contribution is 5.81. The molecule has 2 amide bonds. The number of carbonyl (C=O) groups excluding carboxylic acids is 1. The number of carbonyl (C=O) groups is 1. The van der Waals surface area contributed by atoms with Gasteiger partial charge in [-0.05, 0) is 17.5 Å². The van der Waals surface area contributed by atoms with Crippen LogP contribution < -0.4 is 11.2 Å². The molecule has 3 N–H and O–H groups in total. The minimum atomic E-state index is -0.674. The number of ether oxygens (including phenoxy) is 1. The van der Waals surface area contributed by atoms with Gasteiger partial charge in [0.25, 0.3) is 0 Å². The second-order valence-corrected chi connectivity index (χ2v) is 3.88. The number of amides is 2. The van der Waals surface area contributed by atoms with E-state index in [-0.39, 0.29) is 0 Å². The molecule has 0 aliphatic carbocycles. The van der Waals surface area contributed by atoms with Crippen molar-refractivity contribution in [2.24, 2.45) is 10.8 Å². The normalized spacial score (nSPS) is 10.7. The molecule has 0 aliphatic heterocycles. The van der Waals surface area contributed by atoms with Gasteiger partial charge in [-0.1, -0.05) is 37.6 Å². The Labute approximate surface area is 107 Å². The Morgan fingerprint density at radius 1 is 1.44 bits per heavy atom. The van der Waals surface area contributed by atoms with Gasteiger partial charge < -0.3 is 10.5 Å². The lowest BCUT2D eigenvalue weighted by atomic mass is 10.1. The number of urea groups is 1. The van der Waals surface area contributed by atoms with Crippen LogP contribution in [0.4, 0.5) is 4.79 Å². The maximum Gasteiger partial charge on any atom is 0.332 e. The van der Waals surface area contributed by atoms with Crippen molar-refractivity contribution in [3.05, 3.63) is 35.4 Å². The highest BCUT2D eigenvalue weighted by Crippen LogP contribution is 2.04. The first-order valence-electron chi connectivity index (χ1n) is 5.97. The number of nitrogens with zero attached hydrogens (tertiary/aromatic N) is 1. The predicted molar refractivity (Wildman–Crippen MR) is 71.3 cm³/mol. The monoisotopic (exact) mass is 249 g/mol. The molecule has 0 spiro atoms. The summed E-state index contributed by atoms with van der Waals surface area (Å²) < 4.78 is 5.51. The quantitative estimate of drug-likeness (QED) is 0.440. The summed E-state index contributed by atoms with van der Waals surface area (Å²) in [6.45, 7) is 3.55. The molecule has 5 heteroatoms. The first-order chi connectivity index (χ1) is 8.72. The first-order valence-corrected chi connectivity index (χ1v) is 5.97. The molecule has 0 aromatic heterocycles. The lowest BCUT2D eigenvalue weighted by molar-refractivity contribution is 0.118. The van der Waals surface area contributed by atoms with Crippen LogP contribution in [0.1, 0.15) is 30.9 Å². The summed E-state index contributed by atoms with van der Waals surface area (Å²) in [5, 5.41) is 3.68.